The van der Waals surface area contributed by atoms with E-state index in [0.717, 1.165) is 37.7 Å². The number of nitrogens with one attached hydrogen (secondary N) is 1. The number of methoxy groups -OCH3 is 1. The molecule has 224 valence electrons. The molecule has 2 saturated heterocycles. The van der Waals surface area contributed by atoms with Gasteiger partial charge in [-0.3, -0.25) is 19.2 Å². The summed E-state index contributed by atoms with van der Waals surface area (Å²) in [6, 6.07) is 6.57. The summed E-state index contributed by atoms with van der Waals surface area (Å²) < 4.78 is 16.1. The molecule has 1 aromatic carbocycles. The molecule has 8 nitrogen and oxygen atoms in total. The van der Waals surface area contributed by atoms with E-state index in [0.29, 0.717) is 44.3 Å². The maximum Gasteiger partial charge on any atom is 0.223 e. The number of hydrogen-bond donors (Lipinski definition) is 1. The van der Waals surface area contributed by atoms with Gasteiger partial charge in [0, 0.05) is 44.3 Å². The van der Waals surface area contributed by atoms with Crippen LogP contribution in [-0.2, 0) is 35.1 Å². The van der Waals surface area contributed by atoms with E-state index in [1.54, 1.807) is 21.0 Å². The Balaban J connectivity index is 1.44. The molecule has 4 rings (SSSR count). The smallest absolute Gasteiger partial charge is 0.223 e. The lowest BCUT2D eigenvalue weighted by atomic mass is 9.83. The Bertz CT molecular complexity index is 1110. The van der Waals surface area contributed by atoms with E-state index in [2.05, 4.69) is 11.4 Å². The fourth-order valence-corrected chi connectivity index (χ4v) is 5.91. The molecular weight excluding hydrogens is 522 g/mol. The van der Waals surface area contributed by atoms with Crippen LogP contribution in [0.15, 0.2) is 35.9 Å². The van der Waals surface area contributed by atoms with Crippen LogP contribution in [0.3, 0.4) is 0 Å². The SMILES string of the molecule is COc1ccc(CC(NC(=O)C(C)CC(=O)CC2CCOCC2)C(=O)CC(CC2=CCCC2)C(=O)C2(C)CO2)cc1. The molecule has 41 heavy (non-hydrogen) atoms. The van der Waals surface area contributed by atoms with Crippen LogP contribution in [0.2, 0.25) is 0 Å². The van der Waals surface area contributed by atoms with Crippen LogP contribution in [0.25, 0.3) is 0 Å². The zero-order valence-electron chi connectivity index (χ0n) is 24.7. The number of carbonyl (C=O) groups is 4. The fourth-order valence-electron chi connectivity index (χ4n) is 5.91. The second-order valence-corrected chi connectivity index (χ2v) is 12.2. The van der Waals surface area contributed by atoms with Crippen LogP contribution >= 0.6 is 0 Å². The van der Waals surface area contributed by atoms with Crippen molar-refractivity contribution in [3.63, 3.8) is 0 Å². The van der Waals surface area contributed by atoms with Crippen molar-refractivity contribution in [3.05, 3.63) is 41.5 Å². The summed E-state index contributed by atoms with van der Waals surface area (Å²) in [6.45, 7) is 5.24. The average molecular weight is 568 g/mol. The zero-order chi connectivity index (χ0) is 29.4. The summed E-state index contributed by atoms with van der Waals surface area (Å²) in [7, 11) is 1.59. The van der Waals surface area contributed by atoms with E-state index in [-0.39, 0.29) is 42.5 Å². The van der Waals surface area contributed by atoms with Crippen LogP contribution in [-0.4, -0.2) is 61.8 Å². The Morgan fingerprint density at radius 3 is 2.39 bits per heavy atom. The van der Waals surface area contributed by atoms with Gasteiger partial charge in [-0.1, -0.05) is 30.7 Å². The lowest BCUT2D eigenvalue weighted by molar-refractivity contribution is -0.134. The quantitative estimate of drug-likeness (QED) is 0.230. The number of amides is 1. The molecule has 0 spiro atoms. The third-order valence-corrected chi connectivity index (χ3v) is 8.70. The van der Waals surface area contributed by atoms with Crippen molar-refractivity contribution in [1.82, 2.24) is 5.32 Å². The highest BCUT2D eigenvalue weighted by atomic mass is 16.6. The minimum atomic E-state index is -0.821. The Labute approximate surface area is 243 Å². The number of hydrogen-bond acceptors (Lipinski definition) is 7. The first-order chi connectivity index (χ1) is 19.7. The van der Waals surface area contributed by atoms with E-state index in [4.69, 9.17) is 14.2 Å². The van der Waals surface area contributed by atoms with Gasteiger partial charge in [0.2, 0.25) is 5.91 Å². The minimum Gasteiger partial charge on any atom is -0.497 e. The topological polar surface area (TPSA) is 111 Å². The maximum atomic E-state index is 13.8. The summed E-state index contributed by atoms with van der Waals surface area (Å²) in [6.07, 6.45) is 8.38. The van der Waals surface area contributed by atoms with Crippen LogP contribution in [0.1, 0.15) is 77.2 Å². The highest BCUT2D eigenvalue weighted by molar-refractivity contribution is 5.97. The molecule has 0 bridgehead atoms. The van der Waals surface area contributed by atoms with Crippen LogP contribution < -0.4 is 10.1 Å². The number of epoxide rings is 1. The summed E-state index contributed by atoms with van der Waals surface area (Å²) in [5, 5.41) is 2.95. The molecule has 2 heterocycles. The number of carbonyl (C=O) groups excluding carboxylic acids is 4. The molecule has 0 saturated carbocycles. The van der Waals surface area contributed by atoms with Crippen molar-refractivity contribution in [2.24, 2.45) is 17.8 Å². The first-order valence-electron chi connectivity index (χ1n) is 15.1. The predicted molar refractivity (Wildman–Crippen MR) is 155 cm³/mol. The van der Waals surface area contributed by atoms with Crippen LogP contribution in [0.5, 0.6) is 5.75 Å². The van der Waals surface area contributed by atoms with Crippen molar-refractivity contribution < 1.29 is 33.4 Å². The summed E-state index contributed by atoms with van der Waals surface area (Å²) in [5.41, 5.74) is 1.26. The van der Waals surface area contributed by atoms with Gasteiger partial charge in [0.15, 0.2) is 11.6 Å². The van der Waals surface area contributed by atoms with Gasteiger partial charge in [-0.25, -0.2) is 0 Å². The molecule has 8 heteroatoms. The zero-order valence-corrected chi connectivity index (χ0v) is 24.7. The Morgan fingerprint density at radius 1 is 1.07 bits per heavy atom. The number of ketones is 3. The van der Waals surface area contributed by atoms with Gasteiger partial charge in [-0.05, 0) is 75.5 Å². The predicted octanol–water partition coefficient (Wildman–Crippen LogP) is 4.57. The fraction of sp³-hybridized carbons (Fsp3) is 0.636. The summed E-state index contributed by atoms with van der Waals surface area (Å²) >= 11 is 0. The van der Waals surface area contributed by atoms with Gasteiger partial charge in [-0.15, -0.1) is 0 Å². The van der Waals surface area contributed by atoms with Crippen molar-refractivity contribution >= 4 is 23.3 Å². The molecule has 4 unspecified atom stereocenters. The number of allylic oxidation sites excluding steroid dienone is 2. The van der Waals surface area contributed by atoms with Crippen molar-refractivity contribution in [2.75, 3.05) is 26.9 Å². The molecule has 1 N–H and O–H groups in total. The standard InChI is InChI=1S/C33H45NO7/c1-22(16-27(35)18-25-12-14-40-15-13-25)32(38)34-29(19-24-8-10-28(39-3)11-9-24)30(36)20-26(17-23-6-4-5-7-23)31(37)33(2)21-41-33/h6,8-11,22,25-26,29H,4-5,7,12-21H2,1-3H3,(H,34,38). The Hall–Kier alpha value is -2.84. The van der Waals surface area contributed by atoms with Crippen molar-refractivity contribution in [3.8, 4) is 5.75 Å². The van der Waals surface area contributed by atoms with Crippen LogP contribution in [0.4, 0.5) is 0 Å². The molecule has 2 fully saturated rings. The average Bonchev–Trinajstić information content (AvgIpc) is 3.51. The van der Waals surface area contributed by atoms with Crippen molar-refractivity contribution in [1.29, 1.82) is 0 Å². The van der Waals surface area contributed by atoms with Gasteiger partial charge in [0.05, 0.1) is 19.8 Å². The lowest BCUT2D eigenvalue weighted by Crippen LogP contribution is -2.46. The lowest BCUT2D eigenvalue weighted by Gasteiger charge is -2.24. The molecule has 4 atom stereocenters. The van der Waals surface area contributed by atoms with Gasteiger partial charge >= 0.3 is 0 Å². The van der Waals surface area contributed by atoms with E-state index in [9.17, 15) is 19.2 Å². The van der Waals surface area contributed by atoms with Gasteiger partial charge < -0.3 is 19.5 Å². The Morgan fingerprint density at radius 2 is 1.78 bits per heavy atom. The highest BCUT2D eigenvalue weighted by Gasteiger charge is 2.50. The maximum absolute atomic E-state index is 13.8. The molecule has 1 aliphatic carbocycles. The van der Waals surface area contributed by atoms with E-state index in [1.807, 2.05) is 24.3 Å². The number of ether oxygens (including phenoxy) is 3. The molecule has 2 aliphatic heterocycles. The number of rotatable bonds is 16. The summed E-state index contributed by atoms with van der Waals surface area (Å²) in [5.74, 6) is -0.539. The molecule has 3 aliphatic rings. The molecular formula is C33H45NO7. The largest absolute Gasteiger partial charge is 0.497 e. The first kappa shape index (κ1) is 31.1. The van der Waals surface area contributed by atoms with Crippen LogP contribution in [0, 0.1) is 17.8 Å². The molecule has 1 amide bonds. The first-order valence-corrected chi connectivity index (χ1v) is 15.1. The number of benzene rings is 1. The molecule has 0 aromatic heterocycles. The second kappa shape index (κ2) is 14.4. The highest BCUT2D eigenvalue weighted by Crippen LogP contribution is 2.35. The molecule has 0 radical (unpaired) electrons. The minimum absolute atomic E-state index is 0.0350. The molecule has 1 aromatic rings. The van der Waals surface area contributed by atoms with E-state index in [1.165, 1.54) is 5.57 Å². The monoisotopic (exact) mass is 567 g/mol. The van der Waals surface area contributed by atoms with Gasteiger partial charge in [0.1, 0.15) is 17.1 Å². The Kier molecular flexibility index (Phi) is 10.9. The van der Waals surface area contributed by atoms with E-state index < -0.39 is 23.5 Å². The van der Waals surface area contributed by atoms with Crippen molar-refractivity contribution in [2.45, 2.75) is 89.7 Å². The third-order valence-electron chi connectivity index (χ3n) is 8.70. The van der Waals surface area contributed by atoms with Gasteiger partial charge in [-0.2, -0.15) is 0 Å². The van der Waals surface area contributed by atoms with Gasteiger partial charge in [0.25, 0.3) is 0 Å². The number of Topliss-reactive ketones (excluding diaryl/α,β-unsaturated/α-hetero) is 3. The summed E-state index contributed by atoms with van der Waals surface area (Å²) in [4.78, 5) is 53.2. The van der Waals surface area contributed by atoms with E-state index >= 15 is 0 Å². The third kappa shape index (κ3) is 9.07. The normalized spacial score (nSPS) is 22.8. The second-order valence-electron chi connectivity index (χ2n) is 12.2.